The van der Waals surface area contributed by atoms with E-state index in [1.54, 1.807) is 6.07 Å². The van der Waals surface area contributed by atoms with E-state index in [2.05, 4.69) is 9.59 Å². The van der Waals surface area contributed by atoms with E-state index in [4.69, 9.17) is 9.47 Å². The molecule has 6 heteroatoms. The van der Waals surface area contributed by atoms with Crippen molar-refractivity contribution in [2.75, 3.05) is 13.2 Å². The summed E-state index contributed by atoms with van der Waals surface area (Å²) >= 11 is 1.20. The molecule has 0 radical (unpaired) electrons. The summed E-state index contributed by atoms with van der Waals surface area (Å²) in [7, 11) is 0. The number of rotatable bonds is 6. The van der Waals surface area contributed by atoms with Crippen molar-refractivity contribution in [3.05, 3.63) is 34.3 Å². The SMILES string of the molecule is CCOc1ccc(C(O)c2snnc2C)cc1OCC. The molecule has 1 unspecified atom stereocenters. The van der Waals surface area contributed by atoms with Crippen LogP contribution in [0.15, 0.2) is 18.2 Å². The first kappa shape index (κ1) is 14.7. The van der Waals surface area contributed by atoms with E-state index in [0.29, 0.717) is 24.7 Å². The lowest BCUT2D eigenvalue weighted by molar-refractivity contribution is 0.221. The minimum Gasteiger partial charge on any atom is -0.490 e. The largest absolute Gasteiger partial charge is 0.490 e. The molecule has 0 aliphatic rings. The van der Waals surface area contributed by atoms with Gasteiger partial charge in [-0.2, -0.15) is 0 Å². The van der Waals surface area contributed by atoms with Gasteiger partial charge in [0.2, 0.25) is 0 Å². The average Bonchev–Trinajstić information content (AvgIpc) is 2.86. The second-order valence-electron chi connectivity index (χ2n) is 4.20. The van der Waals surface area contributed by atoms with E-state index in [9.17, 15) is 5.11 Å². The standard InChI is InChI=1S/C14H18N2O3S/c1-4-18-11-7-6-10(8-12(11)19-5-2)13(17)14-9(3)15-16-20-14/h6-8,13,17H,4-5H2,1-3H3. The molecule has 2 aromatic rings. The van der Waals surface area contributed by atoms with Crippen molar-refractivity contribution in [3.63, 3.8) is 0 Å². The summed E-state index contributed by atoms with van der Waals surface area (Å²) in [5, 5.41) is 14.3. The Morgan fingerprint density at radius 1 is 1.20 bits per heavy atom. The van der Waals surface area contributed by atoms with Crippen LogP contribution in [0.3, 0.4) is 0 Å². The van der Waals surface area contributed by atoms with Gasteiger partial charge >= 0.3 is 0 Å². The van der Waals surface area contributed by atoms with Crippen molar-refractivity contribution in [2.45, 2.75) is 26.9 Å². The highest BCUT2D eigenvalue weighted by Crippen LogP contribution is 2.34. The van der Waals surface area contributed by atoms with Crippen LogP contribution in [0.5, 0.6) is 11.5 Å². The van der Waals surface area contributed by atoms with Gasteiger partial charge in [-0.3, -0.25) is 0 Å². The zero-order valence-corrected chi connectivity index (χ0v) is 12.6. The zero-order valence-electron chi connectivity index (χ0n) is 11.8. The molecule has 108 valence electrons. The van der Waals surface area contributed by atoms with E-state index >= 15 is 0 Å². The predicted octanol–water partition coefficient (Wildman–Crippen LogP) is 2.73. The third-order valence-corrected chi connectivity index (χ3v) is 3.70. The van der Waals surface area contributed by atoms with E-state index in [1.165, 1.54) is 11.5 Å². The highest BCUT2D eigenvalue weighted by atomic mass is 32.1. The number of ether oxygens (including phenoxy) is 2. The molecule has 1 heterocycles. The molecule has 5 nitrogen and oxygen atoms in total. The number of aliphatic hydroxyl groups excluding tert-OH is 1. The van der Waals surface area contributed by atoms with Gasteiger partial charge in [0, 0.05) is 0 Å². The van der Waals surface area contributed by atoms with Crippen molar-refractivity contribution in [3.8, 4) is 11.5 Å². The molecule has 0 fully saturated rings. The van der Waals surface area contributed by atoms with Gasteiger partial charge in [-0.25, -0.2) is 0 Å². The van der Waals surface area contributed by atoms with Crippen LogP contribution in [0, 0.1) is 6.92 Å². The maximum Gasteiger partial charge on any atom is 0.161 e. The van der Waals surface area contributed by atoms with Crippen LogP contribution in [-0.4, -0.2) is 27.9 Å². The molecule has 0 aliphatic carbocycles. The first-order valence-corrected chi connectivity index (χ1v) is 7.31. The second kappa shape index (κ2) is 6.67. The monoisotopic (exact) mass is 294 g/mol. The molecular formula is C14H18N2O3S. The third kappa shape index (κ3) is 3.08. The Morgan fingerprint density at radius 2 is 1.90 bits per heavy atom. The number of hydrogen-bond acceptors (Lipinski definition) is 6. The lowest BCUT2D eigenvalue weighted by Gasteiger charge is -2.15. The molecule has 1 N–H and O–H groups in total. The van der Waals surface area contributed by atoms with Gasteiger partial charge in [-0.15, -0.1) is 5.10 Å². The summed E-state index contributed by atoms with van der Waals surface area (Å²) in [5.74, 6) is 1.32. The quantitative estimate of drug-likeness (QED) is 0.887. The van der Waals surface area contributed by atoms with Crippen LogP contribution in [0.25, 0.3) is 0 Å². The molecular weight excluding hydrogens is 276 g/mol. The molecule has 0 spiro atoms. The van der Waals surface area contributed by atoms with Crippen LogP contribution in [-0.2, 0) is 0 Å². The average molecular weight is 294 g/mol. The lowest BCUT2D eigenvalue weighted by atomic mass is 10.1. The van der Waals surface area contributed by atoms with Gasteiger partial charge in [0.05, 0.1) is 23.8 Å². The van der Waals surface area contributed by atoms with Gasteiger partial charge in [0.15, 0.2) is 11.5 Å². The predicted molar refractivity (Wildman–Crippen MR) is 77.5 cm³/mol. The molecule has 0 amide bonds. The van der Waals surface area contributed by atoms with Gasteiger partial charge in [-0.05, 0) is 50.0 Å². The van der Waals surface area contributed by atoms with E-state index in [1.807, 2.05) is 32.9 Å². The molecule has 0 aliphatic heterocycles. The van der Waals surface area contributed by atoms with Crippen molar-refractivity contribution in [1.82, 2.24) is 9.59 Å². The van der Waals surface area contributed by atoms with Crippen LogP contribution < -0.4 is 9.47 Å². The smallest absolute Gasteiger partial charge is 0.161 e. The number of aryl methyl sites for hydroxylation is 1. The van der Waals surface area contributed by atoms with Crippen LogP contribution in [0.4, 0.5) is 0 Å². The first-order valence-electron chi connectivity index (χ1n) is 6.53. The summed E-state index contributed by atoms with van der Waals surface area (Å²) < 4.78 is 14.9. The summed E-state index contributed by atoms with van der Waals surface area (Å²) in [4.78, 5) is 0.747. The highest BCUT2D eigenvalue weighted by molar-refractivity contribution is 7.05. The molecule has 0 saturated heterocycles. The first-order chi connectivity index (χ1) is 9.67. The van der Waals surface area contributed by atoms with E-state index in [0.717, 1.165) is 16.1 Å². The molecule has 0 saturated carbocycles. The lowest BCUT2D eigenvalue weighted by Crippen LogP contribution is -2.03. The van der Waals surface area contributed by atoms with Crippen molar-refractivity contribution in [2.24, 2.45) is 0 Å². The van der Waals surface area contributed by atoms with Crippen molar-refractivity contribution >= 4 is 11.5 Å². The Labute approximate surface area is 122 Å². The third-order valence-electron chi connectivity index (χ3n) is 2.82. The highest BCUT2D eigenvalue weighted by Gasteiger charge is 2.18. The van der Waals surface area contributed by atoms with Crippen LogP contribution in [0.2, 0.25) is 0 Å². The fourth-order valence-corrected chi connectivity index (χ4v) is 2.54. The van der Waals surface area contributed by atoms with Gasteiger partial charge < -0.3 is 14.6 Å². The Bertz CT molecular complexity index is 571. The minimum atomic E-state index is -0.745. The maximum atomic E-state index is 10.4. The number of benzene rings is 1. The molecule has 20 heavy (non-hydrogen) atoms. The summed E-state index contributed by atoms with van der Waals surface area (Å²) in [6.45, 7) is 6.78. The van der Waals surface area contributed by atoms with Crippen LogP contribution in [0.1, 0.15) is 36.1 Å². The Morgan fingerprint density at radius 3 is 2.50 bits per heavy atom. The fourth-order valence-electron chi connectivity index (χ4n) is 1.88. The van der Waals surface area contributed by atoms with E-state index in [-0.39, 0.29) is 0 Å². The maximum absolute atomic E-state index is 10.4. The number of hydrogen-bond donors (Lipinski definition) is 1. The Hall–Kier alpha value is -1.66. The molecule has 2 rings (SSSR count). The molecule has 0 bridgehead atoms. The Balaban J connectivity index is 2.32. The minimum absolute atomic E-state index is 0.542. The van der Waals surface area contributed by atoms with Gasteiger partial charge in [0.25, 0.3) is 0 Å². The number of nitrogens with zero attached hydrogens (tertiary/aromatic N) is 2. The second-order valence-corrected chi connectivity index (χ2v) is 4.98. The molecule has 1 aromatic carbocycles. The summed E-state index contributed by atoms with van der Waals surface area (Å²) in [6.07, 6.45) is -0.745. The zero-order chi connectivity index (χ0) is 14.5. The topological polar surface area (TPSA) is 64.5 Å². The van der Waals surface area contributed by atoms with E-state index < -0.39 is 6.10 Å². The molecule has 1 aromatic heterocycles. The van der Waals surface area contributed by atoms with Gasteiger partial charge in [-0.1, -0.05) is 10.6 Å². The van der Waals surface area contributed by atoms with Crippen molar-refractivity contribution < 1.29 is 14.6 Å². The van der Waals surface area contributed by atoms with Crippen LogP contribution >= 0.6 is 11.5 Å². The van der Waals surface area contributed by atoms with Crippen molar-refractivity contribution in [1.29, 1.82) is 0 Å². The molecule has 1 atom stereocenters. The Kier molecular flexibility index (Phi) is 4.92. The summed E-state index contributed by atoms with van der Waals surface area (Å²) in [5.41, 5.74) is 1.49. The van der Waals surface area contributed by atoms with Gasteiger partial charge in [0.1, 0.15) is 6.10 Å². The fraction of sp³-hybridized carbons (Fsp3) is 0.429. The number of aromatic nitrogens is 2. The number of aliphatic hydroxyl groups is 1. The normalized spacial score (nSPS) is 12.2. The summed E-state index contributed by atoms with van der Waals surface area (Å²) in [6, 6.07) is 5.45.